The van der Waals surface area contributed by atoms with Gasteiger partial charge in [-0.15, -0.1) is 0 Å². The number of aliphatic hydroxyl groups is 1. The number of amides is 1. The first kappa shape index (κ1) is 13.8. The minimum Gasteiger partial charge on any atom is -0.391 e. The van der Waals surface area contributed by atoms with Crippen LogP contribution in [0.1, 0.15) is 31.7 Å². The van der Waals surface area contributed by atoms with Crippen molar-refractivity contribution in [2.75, 3.05) is 6.54 Å². The summed E-state index contributed by atoms with van der Waals surface area (Å²) >= 11 is 0. The Bertz CT molecular complexity index is 690. The molecule has 0 saturated carbocycles. The van der Waals surface area contributed by atoms with Crippen molar-refractivity contribution in [3.8, 4) is 0 Å². The second kappa shape index (κ2) is 5.69. The lowest BCUT2D eigenvalue weighted by molar-refractivity contribution is -0.133. The van der Waals surface area contributed by atoms with Crippen molar-refractivity contribution < 1.29 is 9.90 Å². The average molecular weight is 285 g/mol. The summed E-state index contributed by atoms with van der Waals surface area (Å²) in [5.41, 5.74) is 3.00. The molecule has 5 nitrogen and oxygen atoms in total. The summed E-state index contributed by atoms with van der Waals surface area (Å²) in [5, 5.41) is 16.7. The van der Waals surface area contributed by atoms with E-state index in [4.69, 9.17) is 0 Å². The van der Waals surface area contributed by atoms with Crippen molar-refractivity contribution in [2.45, 2.75) is 32.3 Å². The highest BCUT2D eigenvalue weighted by Crippen LogP contribution is 2.23. The molecular weight excluding hydrogens is 266 g/mol. The molecule has 1 aromatic heterocycles. The Kier molecular flexibility index (Phi) is 3.75. The van der Waals surface area contributed by atoms with Crippen LogP contribution in [0.3, 0.4) is 0 Å². The molecule has 0 saturated heterocycles. The Hall–Kier alpha value is -2.14. The highest BCUT2D eigenvalue weighted by atomic mass is 16.3. The molecule has 1 amide bonds. The monoisotopic (exact) mass is 285 g/mol. The number of fused-ring (bicyclic) bond motifs is 1. The second-order valence-electron chi connectivity index (χ2n) is 5.33. The van der Waals surface area contributed by atoms with Crippen LogP contribution >= 0.6 is 0 Å². The number of benzene rings is 1. The van der Waals surface area contributed by atoms with Crippen LogP contribution in [0.4, 0.5) is 0 Å². The fraction of sp³-hybridized carbons (Fsp3) is 0.375. The third-order valence-corrected chi connectivity index (χ3v) is 3.86. The molecule has 0 spiro atoms. The summed E-state index contributed by atoms with van der Waals surface area (Å²) < 4.78 is 0. The maximum Gasteiger partial charge on any atom is 0.243 e. The number of nitrogens with one attached hydrogen (secondary N) is 1. The van der Waals surface area contributed by atoms with Gasteiger partial charge < -0.3 is 10.1 Å². The Labute approximate surface area is 123 Å². The quantitative estimate of drug-likeness (QED) is 0.904. The molecule has 0 bridgehead atoms. The van der Waals surface area contributed by atoms with E-state index in [2.05, 4.69) is 10.1 Å². The zero-order chi connectivity index (χ0) is 14.8. The predicted octanol–water partition coefficient (Wildman–Crippen LogP) is 2.27. The molecule has 1 atom stereocenters. The Morgan fingerprint density at radius 2 is 2.19 bits per heavy atom. The Morgan fingerprint density at radius 3 is 3.00 bits per heavy atom. The van der Waals surface area contributed by atoms with E-state index in [0.29, 0.717) is 19.3 Å². The zero-order valence-electron chi connectivity index (χ0n) is 12.0. The third kappa shape index (κ3) is 2.69. The minimum absolute atomic E-state index is 0.0221. The molecule has 21 heavy (non-hydrogen) atoms. The number of aromatic nitrogens is 1. The highest BCUT2D eigenvalue weighted by molar-refractivity contribution is 6.12. The van der Waals surface area contributed by atoms with E-state index in [0.717, 1.165) is 22.2 Å². The van der Waals surface area contributed by atoms with E-state index in [1.165, 1.54) is 5.01 Å². The molecule has 1 unspecified atom stereocenters. The van der Waals surface area contributed by atoms with E-state index < -0.39 is 6.10 Å². The van der Waals surface area contributed by atoms with Gasteiger partial charge in [0.05, 0.1) is 18.4 Å². The largest absolute Gasteiger partial charge is 0.391 e. The normalized spacial score (nSPS) is 17.1. The number of hydrogen-bond acceptors (Lipinski definition) is 3. The number of carbonyl (C=O) groups excluding carboxylic acids is 1. The van der Waals surface area contributed by atoms with Gasteiger partial charge in [0.2, 0.25) is 5.91 Å². The van der Waals surface area contributed by atoms with Crippen molar-refractivity contribution in [3.63, 3.8) is 0 Å². The molecule has 2 heterocycles. The van der Waals surface area contributed by atoms with Gasteiger partial charge in [-0.05, 0) is 12.5 Å². The van der Waals surface area contributed by atoms with Gasteiger partial charge in [0.1, 0.15) is 0 Å². The van der Waals surface area contributed by atoms with E-state index in [1.54, 1.807) is 0 Å². The van der Waals surface area contributed by atoms with Crippen molar-refractivity contribution in [1.82, 2.24) is 9.99 Å². The van der Waals surface area contributed by atoms with Crippen LogP contribution in [0.2, 0.25) is 0 Å². The van der Waals surface area contributed by atoms with Gasteiger partial charge in [-0.3, -0.25) is 4.79 Å². The lowest BCUT2D eigenvalue weighted by Crippen LogP contribution is -2.37. The number of para-hydroxylation sites is 1. The van der Waals surface area contributed by atoms with Gasteiger partial charge in [-0.25, -0.2) is 5.01 Å². The number of carbonyl (C=O) groups is 1. The smallest absolute Gasteiger partial charge is 0.243 e. The van der Waals surface area contributed by atoms with E-state index >= 15 is 0 Å². The molecular formula is C16H19N3O2. The molecule has 0 aliphatic carbocycles. The molecule has 2 N–H and O–H groups in total. The first-order valence-electron chi connectivity index (χ1n) is 7.31. The number of aromatic amines is 1. The van der Waals surface area contributed by atoms with Crippen LogP contribution in [0, 0.1) is 0 Å². The standard InChI is InChI=1S/C16H19N3O2/c1-2-11(20)10-19-16(21)8-7-15(18-19)13-9-17-14-6-4-3-5-12(13)14/h3-6,9,11,17,20H,2,7-8,10H2,1H3. The summed E-state index contributed by atoms with van der Waals surface area (Å²) in [6.45, 7) is 2.16. The molecule has 0 fully saturated rings. The summed E-state index contributed by atoms with van der Waals surface area (Å²) in [4.78, 5) is 15.2. The van der Waals surface area contributed by atoms with Crippen molar-refractivity contribution >= 4 is 22.5 Å². The SMILES string of the molecule is CCC(O)CN1N=C(c2c[nH]c3ccccc23)CCC1=O. The molecule has 1 aromatic carbocycles. The van der Waals surface area contributed by atoms with Gasteiger partial charge in [0.15, 0.2) is 0 Å². The third-order valence-electron chi connectivity index (χ3n) is 3.86. The van der Waals surface area contributed by atoms with Gasteiger partial charge in [-0.1, -0.05) is 25.1 Å². The fourth-order valence-electron chi connectivity index (χ4n) is 2.58. The molecule has 1 aliphatic rings. The summed E-state index contributed by atoms with van der Waals surface area (Å²) in [6, 6.07) is 8.04. The highest BCUT2D eigenvalue weighted by Gasteiger charge is 2.24. The van der Waals surface area contributed by atoms with Crippen LogP contribution in [0.5, 0.6) is 0 Å². The molecule has 110 valence electrons. The van der Waals surface area contributed by atoms with Gasteiger partial charge >= 0.3 is 0 Å². The van der Waals surface area contributed by atoms with Crippen LogP contribution in [-0.2, 0) is 4.79 Å². The lowest BCUT2D eigenvalue weighted by atomic mass is 10.0. The van der Waals surface area contributed by atoms with Crippen molar-refractivity contribution in [3.05, 3.63) is 36.0 Å². The van der Waals surface area contributed by atoms with Gasteiger partial charge in [0, 0.05) is 35.5 Å². The molecule has 0 radical (unpaired) electrons. The number of β-amino-alcohol motifs (C(OH)–C–C–N with tert-alkyl or cyclic N) is 1. The Balaban J connectivity index is 1.94. The van der Waals surface area contributed by atoms with E-state index in [1.807, 2.05) is 37.4 Å². The number of aliphatic hydroxyl groups excluding tert-OH is 1. The fourth-order valence-corrected chi connectivity index (χ4v) is 2.58. The maximum absolute atomic E-state index is 11.9. The number of H-pyrrole nitrogens is 1. The summed E-state index contributed by atoms with van der Waals surface area (Å²) in [6.07, 6.45) is 3.10. The van der Waals surface area contributed by atoms with Gasteiger partial charge in [-0.2, -0.15) is 5.10 Å². The van der Waals surface area contributed by atoms with Crippen LogP contribution in [0.25, 0.3) is 10.9 Å². The summed E-state index contributed by atoms with van der Waals surface area (Å²) in [5.74, 6) is -0.0221. The molecule has 1 aliphatic heterocycles. The summed E-state index contributed by atoms with van der Waals surface area (Å²) in [7, 11) is 0. The maximum atomic E-state index is 11.9. The number of hydrogen-bond donors (Lipinski definition) is 2. The second-order valence-corrected chi connectivity index (χ2v) is 5.33. The first-order valence-corrected chi connectivity index (χ1v) is 7.31. The van der Waals surface area contributed by atoms with Crippen LogP contribution < -0.4 is 0 Å². The molecule has 3 rings (SSSR count). The topological polar surface area (TPSA) is 68.7 Å². The number of rotatable bonds is 4. The first-order chi connectivity index (χ1) is 10.2. The van der Waals surface area contributed by atoms with Crippen LogP contribution in [0.15, 0.2) is 35.6 Å². The van der Waals surface area contributed by atoms with E-state index in [9.17, 15) is 9.90 Å². The zero-order valence-corrected chi connectivity index (χ0v) is 12.0. The Morgan fingerprint density at radius 1 is 1.38 bits per heavy atom. The average Bonchev–Trinajstić information content (AvgIpc) is 2.93. The van der Waals surface area contributed by atoms with E-state index in [-0.39, 0.29) is 12.5 Å². The predicted molar refractivity (Wildman–Crippen MR) is 82.1 cm³/mol. The number of hydrazone groups is 1. The van der Waals surface area contributed by atoms with Crippen molar-refractivity contribution in [2.24, 2.45) is 5.10 Å². The van der Waals surface area contributed by atoms with Gasteiger partial charge in [0.25, 0.3) is 0 Å². The molecule has 2 aromatic rings. The lowest BCUT2D eigenvalue weighted by Gasteiger charge is -2.25. The van der Waals surface area contributed by atoms with Crippen molar-refractivity contribution in [1.29, 1.82) is 0 Å². The minimum atomic E-state index is -0.528. The molecule has 5 heteroatoms. The van der Waals surface area contributed by atoms with Crippen LogP contribution in [-0.4, -0.2) is 39.4 Å². The number of nitrogens with zero attached hydrogens (tertiary/aromatic N) is 2.